The number of hydrogen-bond donors (Lipinski definition) is 1. The summed E-state index contributed by atoms with van der Waals surface area (Å²) in [5, 5.41) is 10.4. The smallest absolute Gasteiger partial charge is 0.0583 e. The van der Waals surface area contributed by atoms with Gasteiger partial charge >= 0.3 is 0 Å². The molecule has 2 nitrogen and oxygen atoms in total. The predicted molar refractivity (Wildman–Crippen MR) is 79.1 cm³/mol. The molecule has 0 aromatic heterocycles. The van der Waals surface area contributed by atoms with Gasteiger partial charge in [0.2, 0.25) is 0 Å². The van der Waals surface area contributed by atoms with Crippen molar-refractivity contribution < 1.29 is 5.11 Å². The van der Waals surface area contributed by atoms with Gasteiger partial charge in [0.15, 0.2) is 0 Å². The number of rotatable bonds is 2. The van der Waals surface area contributed by atoms with Crippen LogP contribution >= 0.6 is 0 Å². The molecule has 0 bridgehead atoms. The monoisotopic (exact) mass is 263 g/mol. The largest absolute Gasteiger partial charge is 0.393 e. The molecule has 0 amide bonds. The van der Waals surface area contributed by atoms with Gasteiger partial charge in [-0.25, -0.2) is 0 Å². The van der Waals surface area contributed by atoms with Gasteiger partial charge in [0.05, 0.1) is 6.10 Å². The first-order chi connectivity index (χ1) is 9.36. The second-order valence-corrected chi connectivity index (χ2v) is 6.74. The van der Waals surface area contributed by atoms with Gasteiger partial charge in [0.1, 0.15) is 0 Å². The minimum absolute atomic E-state index is 0.0353. The second kappa shape index (κ2) is 6.41. The molecule has 3 rings (SSSR count). The fourth-order valence-electron chi connectivity index (χ4n) is 4.51. The third-order valence-corrected chi connectivity index (χ3v) is 5.52. The van der Waals surface area contributed by atoms with Crippen LogP contribution in [0.4, 0.5) is 0 Å². The zero-order valence-corrected chi connectivity index (χ0v) is 12.1. The molecule has 0 aromatic carbocycles. The Morgan fingerprint density at radius 2 is 1.74 bits per heavy atom. The van der Waals surface area contributed by atoms with E-state index in [4.69, 9.17) is 0 Å². The second-order valence-electron chi connectivity index (χ2n) is 6.74. The first-order valence-electron chi connectivity index (χ1n) is 8.47. The summed E-state index contributed by atoms with van der Waals surface area (Å²) in [7, 11) is 0. The zero-order valence-electron chi connectivity index (χ0n) is 12.1. The van der Waals surface area contributed by atoms with Crippen LogP contribution in [0.25, 0.3) is 0 Å². The van der Waals surface area contributed by atoms with E-state index in [0.717, 1.165) is 6.42 Å². The van der Waals surface area contributed by atoms with Gasteiger partial charge in [-0.05, 0) is 51.5 Å². The summed E-state index contributed by atoms with van der Waals surface area (Å²) in [6, 6.07) is 1.31. The van der Waals surface area contributed by atoms with Gasteiger partial charge in [0.25, 0.3) is 0 Å². The van der Waals surface area contributed by atoms with Crippen molar-refractivity contribution >= 4 is 0 Å². The Hall–Kier alpha value is -0.340. The molecule has 1 saturated heterocycles. The van der Waals surface area contributed by atoms with Crippen molar-refractivity contribution in [1.82, 2.24) is 4.90 Å². The van der Waals surface area contributed by atoms with E-state index in [9.17, 15) is 5.11 Å². The molecule has 108 valence electrons. The van der Waals surface area contributed by atoms with Gasteiger partial charge in [-0.2, -0.15) is 0 Å². The third-order valence-electron chi connectivity index (χ3n) is 5.52. The van der Waals surface area contributed by atoms with E-state index >= 15 is 0 Å². The highest BCUT2D eigenvalue weighted by Crippen LogP contribution is 2.36. The van der Waals surface area contributed by atoms with Crippen LogP contribution in [0.3, 0.4) is 0 Å². The molecule has 1 heterocycles. The molecule has 2 heteroatoms. The van der Waals surface area contributed by atoms with Gasteiger partial charge in [-0.1, -0.05) is 31.4 Å². The number of aliphatic hydroxyl groups excluding tert-OH is 1. The maximum atomic E-state index is 10.4. The van der Waals surface area contributed by atoms with E-state index in [2.05, 4.69) is 17.1 Å². The number of hydrogen-bond acceptors (Lipinski definition) is 2. The molecule has 1 N–H and O–H groups in total. The van der Waals surface area contributed by atoms with E-state index in [1.807, 2.05) is 0 Å². The Morgan fingerprint density at radius 1 is 0.895 bits per heavy atom. The fourth-order valence-corrected chi connectivity index (χ4v) is 4.51. The van der Waals surface area contributed by atoms with Crippen LogP contribution in [0, 0.1) is 5.92 Å². The normalized spacial score (nSPS) is 41.3. The molecule has 1 saturated carbocycles. The van der Waals surface area contributed by atoms with Gasteiger partial charge in [0, 0.05) is 18.0 Å². The zero-order chi connectivity index (χ0) is 13.1. The average molecular weight is 263 g/mol. The van der Waals surface area contributed by atoms with Crippen molar-refractivity contribution in [1.29, 1.82) is 0 Å². The Morgan fingerprint density at radius 3 is 2.53 bits per heavy atom. The highest BCUT2D eigenvalue weighted by molar-refractivity contribution is 5.02. The standard InChI is InChI=1S/C17H29NO/c19-17-12-5-4-10-15(17)16-11-6-7-13-18(16)14-8-2-1-3-9-14/h2,8,14-17,19H,1,3-7,9-13H2. The number of nitrogens with zero attached hydrogens (tertiary/aromatic N) is 1. The molecular weight excluding hydrogens is 234 g/mol. The molecule has 0 aromatic rings. The molecule has 2 aliphatic carbocycles. The number of aliphatic hydroxyl groups is 1. The first kappa shape index (κ1) is 13.6. The van der Waals surface area contributed by atoms with Crippen molar-refractivity contribution in [2.24, 2.45) is 5.92 Å². The van der Waals surface area contributed by atoms with E-state index in [1.54, 1.807) is 0 Å². The maximum Gasteiger partial charge on any atom is 0.0583 e. The Labute approximate surface area is 117 Å². The molecule has 2 fully saturated rings. The highest BCUT2D eigenvalue weighted by Gasteiger charge is 2.37. The van der Waals surface area contributed by atoms with Gasteiger partial charge in [-0.3, -0.25) is 4.90 Å². The summed E-state index contributed by atoms with van der Waals surface area (Å²) >= 11 is 0. The number of likely N-dealkylation sites (tertiary alicyclic amines) is 1. The van der Waals surface area contributed by atoms with Crippen LogP contribution in [0.1, 0.15) is 64.2 Å². The molecule has 0 radical (unpaired) electrons. The minimum Gasteiger partial charge on any atom is -0.393 e. The van der Waals surface area contributed by atoms with E-state index in [0.29, 0.717) is 18.0 Å². The van der Waals surface area contributed by atoms with Gasteiger partial charge < -0.3 is 5.11 Å². The van der Waals surface area contributed by atoms with E-state index in [1.165, 1.54) is 64.3 Å². The highest BCUT2D eigenvalue weighted by atomic mass is 16.3. The topological polar surface area (TPSA) is 23.5 Å². The quantitative estimate of drug-likeness (QED) is 0.771. The summed E-state index contributed by atoms with van der Waals surface area (Å²) in [4.78, 5) is 2.75. The van der Waals surface area contributed by atoms with Crippen LogP contribution in [-0.2, 0) is 0 Å². The van der Waals surface area contributed by atoms with Crippen molar-refractivity contribution in [2.75, 3.05) is 6.54 Å². The third kappa shape index (κ3) is 3.05. The van der Waals surface area contributed by atoms with Gasteiger partial charge in [-0.15, -0.1) is 0 Å². The molecule has 19 heavy (non-hydrogen) atoms. The van der Waals surface area contributed by atoms with Crippen molar-refractivity contribution in [3.05, 3.63) is 12.2 Å². The summed E-state index contributed by atoms with van der Waals surface area (Å²) in [5.41, 5.74) is 0. The van der Waals surface area contributed by atoms with Crippen LogP contribution in [-0.4, -0.2) is 34.7 Å². The molecular formula is C17H29NO. The van der Waals surface area contributed by atoms with Crippen molar-refractivity contribution in [3.63, 3.8) is 0 Å². The van der Waals surface area contributed by atoms with Crippen molar-refractivity contribution in [2.45, 2.75) is 82.4 Å². The minimum atomic E-state index is -0.0353. The molecule has 1 aliphatic heterocycles. The Bertz CT molecular complexity index is 314. The lowest BCUT2D eigenvalue weighted by Crippen LogP contribution is -2.52. The van der Waals surface area contributed by atoms with Crippen LogP contribution in [0.2, 0.25) is 0 Å². The molecule has 4 unspecified atom stereocenters. The van der Waals surface area contributed by atoms with E-state index < -0.39 is 0 Å². The average Bonchev–Trinajstić information content (AvgIpc) is 2.49. The van der Waals surface area contributed by atoms with Crippen molar-refractivity contribution in [3.8, 4) is 0 Å². The molecule has 4 atom stereocenters. The number of allylic oxidation sites excluding steroid dienone is 1. The number of piperidine rings is 1. The Balaban J connectivity index is 1.72. The lowest BCUT2D eigenvalue weighted by atomic mass is 9.77. The van der Waals surface area contributed by atoms with Crippen LogP contribution in [0.5, 0.6) is 0 Å². The fraction of sp³-hybridized carbons (Fsp3) is 0.882. The Kier molecular flexibility index (Phi) is 4.60. The summed E-state index contributed by atoms with van der Waals surface area (Å²) in [6.45, 7) is 1.25. The predicted octanol–water partition coefficient (Wildman–Crippen LogP) is 3.50. The summed E-state index contributed by atoms with van der Waals surface area (Å²) < 4.78 is 0. The maximum absolute atomic E-state index is 10.4. The van der Waals surface area contributed by atoms with Crippen LogP contribution < -0.4 is 0 Å². The lowest BCUT2D eigenvalue weighted by Gasteiger charge is -2.47. The first-order valence-corrected chi connectivity index (χ1v) is 8.47. The molecule has 0 spiro atoms. The van der Waals surface area contributed by atoms with E-state index in [-0.39, 0.29) is 6.10 Å². The van der Waals surface area contributed by atoms with Crippen LogP contribution in [0.15, 0.2) is 12.2 Å². The summed E-state index contributed by atoms with van der Waals surface area (Å²) in [5.74, 6) is 0.546. The molecule has 3 aliphatic rings. The lowest BCUT2D eigenvalue weighted by molar-refractivity contribution is -0.0169. The SMILES string of the molecule is OC1CCCCC1C1CCCCN1C1C=CCCC1. The summed E-state index contributed by atoms with van der Waals surface area (Å²) in [6.07, 6.45) is 17.6.